The van der Waals surface area contributed by atoms with E-state index < -0.39 is 0 Å². The number of carbonyl (C=O) groups excluding carboxylic acids is 2. The first-order chi connectivity index (χ1) is 11.2. The van der Waals surface area contributed by atoms with Crippen molar-refractivity contribution < 1.29 is 9.59 Å². The maximum atomic E-state index is 12.5. The molecule has 0 unspecified atom stereocenters. The molecule has 0 aromatic heterocycles. The van der Waals surface area contributed by atoms with Crippen LogP contribution in [0.3, 0.4) is 0 Å². The van der Waals surface area contributed by atoms with E-state index >= 15 is 0 Å². The van der Waals surface area contributed by atoms with Crippen molar-refractivity contribution in [2.45, 2.75) is 20.8 Å². The van der Waals surface area contributed by atoms with E-state index in [-0.39, 0.29) is 17.4 Å². The minimum Gasteiger partial charge on any atom is -0.337 e. The van der Waals surface area contributed by atoms with Gasteiger partial charge in [-0.3, -0.25) is 4.79 Å². The van der Waals surface area contributed by atoms with Crippen LogP contribution in [-0.4, -0.2) is 54.5 Å². The number of rotatable bonds is 2. The zero-order valence-corrected chi connectivity index (χ0v) is 15.7. The summed E-state index contributed by atoms with van der Waals surface area (Å²) in [6.45, 7) is 8.81. The summed E-state index contributed by atoms with van der Waals surface area (Å²) >= 11 is 12.0. The van der Waals surface area contributed by atoms with Gasteiger partial charge in [-0.05, 0) is 23.6 Å². The van der Waals surface area contributed by atoms with Gasteiger partial charge in [0.2, 0.25) is 0 Å². The number of urea groups is 1. The smallest absolute Gasteiger partial charge is 0.317 e. The second-order valence-electron chi connectivity index (χ2n) is 7.12. The number of hydrogen-bond acceptors (Lipinski definition) is 2. The minimum atomic E-state index is -0.133. The molecule has 0 atom stereocenters. The first-order valence-corrected chi connectivity index (χ1v) is 8.70. The van der Waals surface area contributed by atoms with Gasteiger partial charge in [0.1, 0.15) is 0 Å². The standard InChI is InChI=1S/C17H23Cl2N3O2/c1-17(2,3)11-20-16(24)22-8-6-21(7-9-22)15(23)13-5-4-12(18)10-14(13)19/h4-5,10H,6-9,11H2,1-3H3,(H,20,24). The first kappa shape index (κ1) is 18.9. The molecule has 0 bridgehead atoms. The third-order valence-corrected chi connectivity index (χ3v) is 4.33. The summed E-state index contributed by atoms with van der Waals surface area (Å²) in [6.07, 6.45) is 0. The van der Waals surface area contributed by atoms with Crippen molar-refractivity contribution in [2.75, 3.05) is 32.7 Å². The summed E-state index contributed by atoms with van der Waals surface area (Å²) in [5.74, 6) is -0.133. The molecular weight excluding hydrogens is 349 g/mol. The fourth-order valence-electron chi connectivity index (χ4n) is 2.40. The number of carbonyl (C=O) groups is 2. The molecular formula is C17H23Cl2N3O2. The molecule has 0 saturated carbocycles. The number of amides is 3. The second kappa shape index (κ2) is 7.62. The summed E-state index contributed by atoms with van der Waals surface area (Å²) in [6, 6.07) is 4.76. The van der Waals surface area contributed by atoms with Gasteiger partial charge in [-0.25, -0.2) is 4.79 Å². The third-order valence-electron chi connectivity index (χ3n) is 3.79. The molecule has 7 heteroatoms. The molecule has 1 fully saturated rings. The molecule has 132 valence electrons. The van der Waals surface area contributed by atoms with Gasteiger partial charge in [0.15, 0.2) is 0 Å². The molecule has 1 aliphatic rings. The van der Waals surface area contributed by atoms with Crippen molar-refractivity contribution in [1.29, 1.82) is 0 Å². The van der Waals surface area contributed by atoms with E-state index in [2.05, 4.69) is 26.1 Å². The lowest BCUT2D eigenvalue weighted by molar-refractivity contribution is 0.0664. The topological polar surface area (TPSA) is 52.7 Å². The molecule has 0 aliphatic carbocycles. The number of nitrogens with one attached hydrogen (secondary N) is 1. The molecule has 1 N–H and O–H groups in total. The van der Waals surface area contributed by atoms with Crippen molar-refractivity contribution in [1.82, 2.24) is 15.1 Å². The highest BCUT2D eigenvalue weighted by Gasteiger charge is 2.26. The lowest BCUT2D eigenvalue weighted by Crippen LogP contribution is -2.53. The van der Waals surface area contributed by atoms with Crippen LogP contribution in [0, 0.1) is 5.41 Å². The number of halogens is 2. The van der Waals surface area contributed by atoms with Gasteiger partial charge in [0, 0.05) is 37.7 Å². The maximum absolute atomic E-state index is 12.5. The van der Waals surface area contributed by atoms with E-state index in [4.69, 9.17) is 23.2 Å². The summed E-state index contributed by atoms with van der Waals surface area (Å²) in [5.41, 5.74) is 0.477. The Balaban J connectivity index is 1.90. The molecule has 1 aliphatic heterocycles. The predicted octanol–water partition coefficient (Wildman–Crippen LogP) is 3.51. The Labute approximate surface area is 152 Å². The van der Waals surface area contributed by atoms with Crippen LogP contribution in [0.25, 0.3) is 0 Å². The molecule has 24 heavy (non-hydrogen) atoms. The van der Waals surface area contributed by atoms with Gasteiger partial charge >= 0.3 is 6.03 Å². The monoisotopic (exact) mass is 371 g/mol. The van der Waals surface area contributed by atoms with E-state index in [0.29, 0.717) is 48.3 Å². The van der Waals surface area contributed by atoms with Crippen molar-refractivity contribution in [3.63, 3.8) is 0 Å². The SMILES string of the molecule is CC(C)(C)CNC(=O)N1CCN(C(=O)c2ccc(Cl)cc2Cl)CC1. The van der Waals surface area contributed by atoms with Crippen LogP contribution in [0.1, 0.15) is 31.1 Å². The maximum Gasteiger partial charge on any atom is 0.317 e. The van der Waals surface area contributed by atoms with Crippen LogP contribution in [0.4, 0.5) is 4.79 Å². The van der Waals surface area contributed by atoms with Crippen LogP contribution in [0.2, 0.25) is 10.0 Å². The quantitative estimate of drug-likeness (QED) is 0.864. The normalized spacial score (nSPS) is 15.4. The first-order valence-electron chi connectivity index (χ1n) is 7.94. The number of nitrogens with zero attached hydrogens (tertiary/aromatic N) is 2. The Kier molecular flexibility index (Phi) is 5.99. The fourth-order valence-corrected chi connectivity index (χ4v) is 2.89. The molecule has 2 rings (SSSR count). The summed E-state index contributed by atoms with van der Waals surface area (Å²) < 4.78 is 0. The van der Waals surface area contributed by atoms with Gasteiger partial charge in [-0.1, -0.05) is 44.0 Å². The molecule has 0 radical (unpaired) electrons. The largest absolute Gasteiger partial charge is 0.337 e. The van der Waals surface area contributed by atoms with Gasteiger partial charge in [-0.2, -0.15) is 0 Å². The zero-order valence-electron chi connectivity index (χ0n) is 14.2. The van der Waals surface area contributed by atoms with Crippen LogP contribution in [-0.2, 0) is 0 Å². The Bertz CT molecular complexity index is 621. The highest BCUT2D eigenvalue weighted by Crippen LogP contribution is 2.22. The number of piperazine rings is 1. The van der Waals surface area contributed by atoms with E-state index in [0.717, 1.165) is 0 Å². The van der Waals surface area contributed by atoms with Gasteiger partial charge in [-0.15, -0.1) is 0 Å². The summed E-state index contributed by atoms with van der Waals surface area (Å²) in [4.78, 5) is 28.1. The molecule has 1 heterocycles. The molecule has 1 saturated heterocycles. The highest BCUT2D eigenvalue weighted by atomic mass is 35.5. The molecule has 1 aromatic rings. The van der Waals surface area contributed by atoms with E-state index in [1.165, 1.54) is 0 Å². The Morgan fingerprint density at radius 3 is 2.21 bits per heavy atom. The lowest BCUT2D eigenvalue weighted by Gasteiger charge is -2.35. The van der Waals surface area contributed by atoms with Gasteiger partial charge in [0.25, 0.3) is 5.91 Å². The van der Waals surface area contributed by atoms with Crippen molar-refractivity contribution in [3.05, 3.63) is 33.8 Å². The number of benzene rings is 1. The molecule has 0 spiro atoms. The van der Waals surface area contributed by atoms with Crippen molar-refractivity contribution in [3.8, 4) is 0 Å². The fraction of sp³-hybridized carbons (Fsp3) is 0.529. The average molecular weight is 372 g/mol. The molecule has 5 nitrogen and oxygen atoms in total. The van der Waals surface area contributed by atoms with E-state index in [1.807, 2.05) is 0 Å². The van der Waals surface area contributed by atoms with Gasteiger partial charge in [0.05, 0.1) is 10.6 Å². The molecule has 1 aromatic carbocycles. The van der Waals surface area contributed by atoms with Crippen LogP contribution >= 0.6 is 23.2 Å². The second-order valence-corrected chi connectivity index (χ2v) is 7.97. The Morgan fingerprint density at radius 1 is 1.08 bits per heavy atom. The highest BCUT2D eigenvalue weighted by molar-refractivity contribution is 6.36. The summed E-state index contributed by atoms with van der Waals surface area (Å²) in [5, 5.41) is 3.77. The summed E-state index contributed by atoms with van der Waals surface area (Å²) in [7, 11) is 0. The van der Waals surface area contributed by atoms with E-state index in [9.17, 15) is 9.59 Å². The average Bonchev–Trinajstić information content (AvgIpc) is 2.51. The molecule has 3 amide bonds. The Morgan fingerprint density at radius 2 is 1.67 bits per heavy atom. The van der Waals surface area contributed by atoms with Crippen molar-refractivity contribution >= 4 is 35.1 Å². The predicted molar refractivity (Wildman–Crippen MR) is 96.8 cm³/mol. The van der Waals surface area contributed by atoms with Crippen LogP contribution in [0.5, 0.6) is 0 Å². The van der Waals surface area contributed by atoms with E-state index in [1.54, 1.807) is 28.0 Å². The van der Waals surface area contributed by atoms with Crippen molar-refractivity contribution in [2.24, 2.45) is 5.41 Å². The lowest BCUT2D eigenvalue weighted by atomic mass is 9.97. The van der Waals surface area contributed by atoms with Crippen LogP contribution < -0.4 is 5.32 Å². The minimum absolute atomic E-state index is 0.0405. The third kappa shape index (κ3) is 5.02. The Hall–Kier alpha value is -1.46. The zero-order chi connectivity index (χ0) is 17.9. The van der Waals surface area contributed by atoms with Gasteiger partial charge < -0.3 is 15.1 Å². The van der Waals surface area contributed by atoms with Crippen LogP contribution in [0.15, 0.2) is 18.2 Å². The number of hydrogen-bond donors (Lipinski definition) is 1.